The molecular formula is C8H16CaO4S2. The van der Waals surface area contributed by atoms with Crippen LogP contribution in [0.25, 0.3) is 0 Å². The first-order valence-electron chi connectivity index (χ1n) is 4.06. The van der Waals surface area contributed by atoms with Crippen LogP contribution >= 0.6 is 24.4 Å². The molecule has 0 aliphatic heterocycles. The second-order valence-electron chi connectivity index (χ2n) is 2.80. The van der Waals surface area contributed by atoms with Crippen LogP contribution in [0, 0.1) is 5.92 Å². The van der Waals surface area contributed by atoms with Gasteiger partial charge in [0.15, 0.2) is 0 Å². The Bertz CT molecular complexity index is 222. The minimum Gasteiger partial charge on any atom is -1.00 e. The third kappa shape index (κ3) is 7.74. The fraction of sp³-hybridized carbons (Fsp3) is 0.750. The van der Waals surface area contributed by atoms with E-state index in [9.17, 15) is 9.59 Å². The Labute approximate surface area is 132 Å². The van der Waals surface area contributed by atoms with Gasteiger partial charge in [-0.3, -0.25) is 4.79 Å². The zero-order chi connectivity index (χ0) is 11.1. The summed E-state index contributed by atoms with van der Waals surface area (Å²) in [5.74, 6) is -1.38. The summed E-state index contributed by atoms with van der Waals surface area (Å²) in [6.45, 7) is 1.65. The fourth-order valence-electron chi connectivity index (χ4n) is 0.638. The standard InChI is InChI=1S/C8H14O4S2.Ca.2H/c1-5(3-13)8(11)12-6(4-14-2)7(9)10;;;/h5-6,13H,3-4H2,1-2H3,(H,9,10);;;/q;+2;2*-1/t5-,6?;;;/m0.../s1. The van der Waals surface area contributed by atoms with E-state index in [0.29, 0.717) is 5.75 Å². The van der Waals surface area contributed by atoms with Gasteiger partial charge in [-0.05, 0) is 6.26 Å². The summed E-state index contributed by atoms with van der Waals surface area (Å²) in [6.07, 6.45) is 0.700. The fourth-order valence-corrected chi connectivity index (χ4v) is 1.30. The van der Waals surface area contributed by atoms with Gasteiger partial charge in [0, 0.05) is 11.5 Å². The summed E-state index contributed by atoms with van der Waals surface area (Å²) in [4.78, 5) is 21.8. The van der Waals surface area contributed by atoms with E-state index >= 15 is 0 Å². The molecule has 0 aliphatic carbocycles. The van der Waals surface area contributed by atoms with Crippen molar-refractivity contribution < 1.29 is 22.3 Å². The Kier molecular flexibility index (Phi) is 12.3. The van der Waals surface area contributed by atoms with Crippen molar-refractivity contribution in [3.05, 3.63) is 0 Å². The number of carbonyl (C=O) groups is 2. The molecule has 0 aliphatic rings. The van der Waals surface area contributed by atoms with Crippen molar-refractivity contribution in [3.63, 3.8) is 0 Å². The molecule has 15 heavy (non-hydrogen) atoms. The molecule has 4 nitrogen and oxygen atoms in total. The first-order chi connectivity index (χ1) is 6.52. The van der Waals surface area contributed by atoms with Gasteiger partial charge in [-0.25, -0.2) is 4.79 Å². The van der Waals surface area contributed by atoms with Crippen LogP contribution in [-0.4, -0.2) is 78.6 Å². The van der Waals surface area contributed by atoms with E-state index in [-0.39, 0.29) is 52.3 Å². The minimum absolute atomic E-state index is 0. The first kappa shape index (κ1) is 18.3. The Balaban J connectivity index is -0.000000282. The maximum Gasteiger partial charge on any atom is 2.00 e. The number of thiol groups is 1. The molecule has 0 radical (unpaired) electrons. The predicted octanol–water partition coefficient (Wildman–Crippen LogP) is 0.756. The molecule has 0 bridgehead atoms. The van der Waals surface area contributed by atoms with Crippen LogP contribution in [0.2, 0.25) is 0 Å². The second kappa shape index (κ2) is 10.1. The van der Waals surface area contributed by atoms with Crippen LogP contribution in [0.5, 0.6) is 0 Å². The maximum absolute atomic E-state index is 11.2. The van der Waals surface area contributed by atoms with Crippen molar-refractivity contribution in [3.8, 4) is 0 Å². The third-order valence-electron chi connectivity index (χ3n) is 1.53. The van der Waals surface area contributed by atoms with Gasteiger partial charge in [0.05, 0.1) is 5.92 Å². The van der Waals surface area contributed by atoms with E-state index in [1.165, 1.54) is 11.8 Å². The normalized spacial score (nSPS) is 13.5. The van der Waals surface area contributed by atoms with Gasteiger partial charge in [-0.1, -0.05) is 6.92 Å². The number of hydrogen-bond donors (Lipinski definition) is 2. The van der Waals surface area contributed by atoms with Gasteiger partial charge in [-0.2, -0.15) is 24.4 Å². The van der Waals surface area contributed by atoms with Crippen LogP contribution in [0.15, 0.2) is 0 Å². The molecular weight excluding hydrogens is 264 g/mol. The van der Waals surface area contributed by atoms with Crippen LogP contribution in [0.3, 0.4) is 0 Å². The number of rotatable bonds is 6. The Morgan fingerprint density at radius 3 is 2.47 bits per heavy atom. The summed E-state index contributed by atoms with van der Waals surface area (Å²) in [5.41, 5.74) is 0. The summed E-state index contributed by atoms with van der Waals surface area (Å²) in [5, 5.41) is 8.70. The SMILES string of the molecule is CSCC(OC(=O)[C@@H](C)CS)C(=O)O.[Ca+2].[H-].[H-]. The molecule has 0 amide bonds. The number of ether oxygens (including phenoxy) is 1. The zero-order valence-corrected chi connectivity index (χ0v) is 12.7. The number of carboxylic acid groups (broad SMARTS) is 1. The van der Waals surface area contributed by atoms with Gasteiger partial charge < -0.3 is 12.7 Å². The number of aliphatic carboxylic acids is 1. The van der Waals surface area contributed by atoms with E-state index in [2.05, 4.69) is 12.6 Å². The topological polar surface area (TPSA) is 63.6 Å². The van der Waals surface area contributed by atoms with E-state index in [1.807, 2.05) is 0 Å². The van der Waals surface area contributed by atoms with E-state index < -0.39 is 18.0 Å². The first-order valence-corrected chi connectivity index (χ1v) is 6.08. The number of hydrogen-bond acceptors (Lipinski definition) is 5. The smallest absolute Gasteiger partial charge is 1.00 e. The molecule has 7 heteroatoms. The minimum atomic E-state index is -1.11. The third-order valence-corrected chi connectivity index (χ3v) is 2.71. The molecule has 0 rings (SSSR count). The molecule has 0 aromatic rings. The molecule has 0 saturated carbocycles. The molecule has 0 saturated heterocycles. The molecule has 1 N–H and O–H groups in total. The molecule has 0 aromatic carbocycles. The summed E-state index contributed by atoms with van der Waals surface area (Å²) in [6, 6.07) is 0. The number of esters is 1. The predicted molar refractivity (Wildman–Crippen MR) is 66.9 cm³/mol. The number of carboxylic acids is 1. The van der Waals surface area contributed by atoms with Gasteiger partial charge in [0.2, 0.25) is 6.10 Å². The quantitative estimate of drug-likeness (QED) is 0.427. The number of thioether (sulfide) groups is 1. The molecule has 0 spiro atoms. The average Bonchev–Trinajstić information content (AvgIpc) is 2.15. The summed E-state index contributed by atoms with van der Waals surface area (Å²) >= 11 is 5.25. The molecule has 0 aromatic heterocycles. The van der Waals surface area contributed by atoms with Crippen molar-refractivity contribution in [1.29, 1.82) is 0 Å². The number of carbonyl (C=O) groups excluding carboxylic acids is 1. The summed E-state index contributed by atoms with van der Waals surface area (Å²) in [7, 11) is 0. The van der Waals surface area contributed by atoms with Crippen molar-refractivity contribution in [2.45, 2.75) is 13.0 Å². The van der Waals surface area contributed by atoms with Crippen molar-refractivity contribution in [2.24, 2.45) is 5.92 Å². The maximum atomic E-state index is 11.2. The Morgan fingerprint density at radius 2 is 2.13 bits per heavy atom. The monoisotopic (exact) mass is 280 g/mol. The van der Waals surface area contributed by atoms with Crippen molar-refractivity contribution in [1.82, 2.24) is 0 Å². The van der Waals surface area contributed by atoms with Crippen LogP contribution < -0.4 is 0 Å². The van der Waals surface area contributed by atoms with Gasteiger partial charge in [0.1, 0.15) is 0 Å². The van der Waals surface area contributed by atoms with Crippen LogP contribution in [0.4, 0.5) is 0 Å². The van der Waals surface area contributed by atoms with E-state index in [0.717, 1.165) is 0 Å². The van der Waals surface area contributed by atoms with Crippen LogP contribution in [0.1, 0.15) is 9.78 Å². The van der Waals surface area contributed by atoms with E-state index in [4.69, 9.17) is 9.84 Å². The average molecular weight is 280 g/mol. The van der Waals surface area contributed by atoms with Crippen LogP contribution in [-0.2, 0) is 14.3 Å². The van der Waals surface area contributed by atoms with Crippen molar-refractivity contribution in [2.75, 3.05) is 17.8 Å². The largest absolute Gasteiger partial charge is 2.00 e. The molecule has 1 unspecified atom stereocenters. The van der Waals surface area contributed by atoms with Crippen molar-refractivity contribution >= 4 is 74.1 Å². The molecule has 2 atom stereocenters. The van der Waals surface area contributed by atoms with Gasteiger partial charge in [-0.15, -0.1) is 0 Å². The molecule has 86 valence electrons. The molecule has 0 heterocycles. The Hall–Kier alpha value is 0.900. The van der Waals surface area contributed by atoms with Gasteiger partial charge in [0.25, 0.3) is 0 Å². The summed E-state index contributed by atoms with van der Waals surface area (Å²) < 4.78 is 4.80. The zero-order valence-electron chi connectivity index (χ0n) is 10.8. The molecule has 0 fully saturated rings. The van der Waals surface area contributed by atoms with Gasteiger partial charge >= 0.3 is 49.7 Å². The van der Waals surface area contributed by atoms with E-state index in [1.54, 1.807) is 13.2 Å². The second-order valence-corrected chi connectivity index (χ2v) is 4.08. The Morgan fingerprint density at radius 1 is 1.60 bits per heavy atom.